The Labute approximate surface area is 181 Å². The highest BCUT2D eigenvalue weighted by molar-refractivity contribution is 5.84. The standard InChI is InChI=1S/C28H23F3/c1-2-19-3-5-20(6-4-19)7-8-21-9-11-22(12-10-21)13-14-23-15-16-25-24(17-23)18-26(29)28(31)27(25)30/h1,9-12,15-20H,3-8H2. The second-order valence-corrected chi connectivity index (χ2v) is 8.29. The van der Waals surface area contributed by atoms with Gasteiger partial charge >= 0.3 is 0 Å². The van der Waals surface area contributed by atoms with Crippen LogP contribution in [-0.2, 0) is 6.42 Å². The number of aryl methyl sites for hydroxylation is 1. The van der Waals surface area contributed by atoms with E-state index in [0.717, 1.165) is 36.8 Å². The maximum atomic E-state index is 13.8. The summed E-state index contributed by atoms with van der Waals surface area (Å²) >= 11 is 0. The number of hydrogen-bond donors (Lipinski definition) is 0. The van der Waals surface area contributed by atoms with E-state index < -0.39 is 17.5 Å². The Balaban J connectivity index is 1.40. The SMILES string of the molecule is C#CC1CCC(CCc2ccc(C#Cc3ccc4c(F)c(F)c(F)cc4c3)cc2)CC1. The molecule has 0 aliphatic heterocycles. The average Bonchev–Trinajstić information content (AvgIpc) is 2.81. The second kappa shape index (κ2) is 9.32. The Kier molecular flexibility index (Phi) is 6.34. The Bertz CT molecular complexity index is 1180. The van der Waals surface area contributed by atoms with Gasteiger partial charge < -0.3 is 0 Å². The van der Waals surface area contributed by atoms with Crippen LogP contribution in [0.1, 0.15) is 48.8 Å². The maximum absolute atomic E-state index is 13.8. The lowest BCUT2D eigenvalue weighted by atomic mass is 9.80. The monoisotopic (exact) mass is 416 g/mol. The van der Waals surface area contributed by atoms with Gasteiger partial charge in [-0.25, -0.2) is 13.2 Å². The van der Waals surface area contributed by atoms with Crippen LogP contribution in [0.2, 0.25) is 0 Å². The third kappa shape index (κ3) is 4.95. The van der Waals surface area contributed by atoms with Gasteiger partial charge in [0.2, 0.25) is 0 Å². The van der Waals surface area contributed by atoms with Crippen LogP contribution in [0, 0.1) is 53.5 Å². The van der Waals surface area contributed by atoms with Crippen LogP contribution < -0.4 is 0 Å². The van der Waals surface area contributed by atoms with E-state index in [4.69, 9.17) is 6.42 Å². The second-order valence-electron chi connectivity index (χ2n) is 8.29. The van der Waals surface area contributed by atoms with Crippen molar-refractivity contribution in [2.45, 2.75) is 38.5 Å². The minimum Gasteiger partial charge on any atom is -0.204 e. The molecule has 0 radical (unpaired) electrons. The van der Waals surface area contributed by atoms with Crippen molar-refractivity contribution in [3.8, 4) is 24.2 Å². The van der Waals surface area contributed by atoms with Crippen LogP contribution in [0.4, 0.5) is 13.2 Å². The van der Waals surface area contributed by atoms with E-state index >= 15 is 0 Å². The quantitative estimate of drug-likeness (QED) is 0.318. The van der Waals surface area contributed by atoms with Crippen LogP contribution in [0.25, 0.3) is 10.8 Å². The molecular weight excluding hydrogens is 393 g/mol. The Morgan fingerprint density at radius 3 is 2.19 bits per heavy atom. The van der Waals surface area contributed by atoms with Gasteiger partial charge in [-0.2, -0.15) is 0 Å². The van der Waals surface area contributed by atoms with Crippen molar-refractivity contribution in [1.29, 1.82) is 0 Å². The number of fused-ring (bicyclic) bond motifs is 1. The number of benzene rings is 3. The van der Waals surface area contributed by atoms with Crippen LogP contribution in [0.3, 0.4) is 0 Å². The summed E-state index contributed by atoms with van der Waals surface area (Å²) in [4.78, 5) is 0. The van der Waals surface area contributed by atoms with Gasteiger partial charge in [0.1, 0.15) is 0 Å². The van der Waals surface area contributed by atoms with Crippen LogP contribution >= 0.6 is 0 Å². The first kappa shape index (κ1) is 21.1. The van der Waals surface area contributed by atoms with Crippen molar-refractivity contribution in [3.63, 3.8) is 0 Å². The van der Waals surface area contributed by atoms with E-state index in [0.29, 0.717) is 11.5 Å². The molecule has 0 spiro atoms. The van der Waals surface area contributed by atoms with Gasteiger partial charge in [0.15, 0.2) is 17.5 Å². The van der Waals surface area contributed by atoms with Gasteiger partial charge in [0.05, 0.1) is 0 Å². The Morgan fingerprint density at radius 2 is 1.48 bits per heavy atom. The fraction of sp³-hybridized carbons (Fsp3) is 0.286. The smallest absolute Gasteiger partial charge is 0.195 e. The first-order valence-electron chi connectivity index (χ1n) is 10.7. The summed E-state index contributed by atoms with van der Waals surface area (Å²) in [6, 6.07) is 13.8. The molecule has 156 valence electrons. The Morgan fingerprint density at radius 1 is 0.806 bits per heavy atom. The van der Waals surface area contributed by atoms with E-state index in [9.17, 15) is 13.2 Å². The molecule has 0 amide bonds. The normalized spacial score (nSPS) is 18.3. The molecule has 1 saturated carbocycles. The summed E-state index contributed by atoms with van der Waals surface area (Å²) in [5.41, 5.74) is 2.78. The van der Waals surface area contributed by atoms with Gasteiger partial charge in [-0.3, -0.25) is 0 Å². The van der Waals surface area contributed by atoms with Gasteiger partial charge in [-0.05, 0) is 85.7 Å². The lowest BCUT2D eigenvalue weighted by molar-refractivity contribution is 0.302. The summed E-state index contributed by atoms with van der Waals surface area (Å²) in [5, 5.41) is 0.330. The zero-order valence-electron chi connectivity index (χ0n) is 17.2. The van der Waals surface area contributed by atoms with Crippen LogP contribution in [0.15, 0.2) is 48.5 Å². The van der Waals surface area contributed by atoms with E-state index in [1.165, 1.54) is 30.9 Å². The van der Waals surface area contributed by atoms with E-state index in [1.54, 1.807) is 12.1 Å². The molecule has 4 rings (SSSR count). The summed E-state index contributed by atoms with van der Waals surface area (Å²) in [6.07, 6.45) is 12.5. The third-order valence-electron chi connectivity index (χ3n) is 6.20. The Hall–Kier alpha value is -3.17. The highest BCUT2D eigenvalue weighted by Gasteiger charge is 2.19. The molecule has 1 aliphatic carbocycles. The van der Waals surface area contributed by atoms with Gasteiger partial charge in [0, 0.05) is 22.4 Å². The van der Waals surface area contributed by atoms with Crippen molar-refractivity contribution < 1.29 is 13.2 Å². The molecule has 3 aromatic carbocycles. The van der Waals surface area contributed by atoms with Crippen molar-refractivity contribution in [2.24, 2.45) is 11.8 Å². The highest BCUT2D eigenvalue weighted by atomic mass is 19.2. The zero-order valence-corrected chi connectivity index (χ0v) is 17.2. The maximum Gasteiger partial charge on any atom is 0.195 e. The predicted molar refractivity (Wildman–Crippen MR) is 119 cm³/mol. The lowest BCUT2D eigenvalue weighted by Crippen LogP contribution is -2.13. The van der Waals surface area contributed by atoms with E-state index in [-0.39, 0.29) is 10.8 Å². The van der Waals surface area contributed by atoms with Gasteiger partial charge in [-0.1, -0.05) is 30.0 Å². The van der Waals surface area contributed by atoms with Crippen LogP contribution in [0.5, 0.6) is 0 Å². The molecule has 0 N–H and O–H groups in total. The minimum absolute atomic E-state index is 0.0431. The topological polar surface area (TPSA) is 0 Å². The zero-order chi connectivity index (χ0) is 21.8. The van der Waals surface area contributed by atoms with Crippen molar-refractivity contribution in [1.82, 2.24) is 0 Å². The molecule has 0 saturated heterocycles. The van der Waals surface area contributed by atoms with Crippen molar-refractivity contribution in [2.75, 3.05) is 0 Å². The predicted octanol–water partition coefficient (Wildman–Crippen LogP) is 7.03. The fourth-order valence-electron chi connectivity index (χ4n) is 4.27. The van der Waals surface area contributed by atoms with Crippen molar-refractivity contribution >= 4 is 10.8 Å². The summed E-state index contributed by atoms with van der Waals surface area (Å²) in [7, 11) is 0. The number of halogens is 3. The molecule has 3 heteroatoms. The molecule has 1 fully saturated rings. The summed E-state index contributed by atoms with van der Waals surface area (Å²) in [6.45, 7) is 0. The van der Waals surface area contributed by atoms with E-state index in [1.807, 2.05) is 12.1 Å². The summed E-state index contributed by atoms with van der Waals surface area (Å²) in [5.74, 6) is 6.39. The lowest BCUT2D eigenvalue weighted by Gasteiger charge is -2.25. The first-order valence-corrected chi connectivity index (χ1v) is 10.7. The molecule has 0 unspecified atom stereocenters. The molecule has 0 bridgehead atoms. The largest absolute Gasteiger partial charge is 0.204 e. The molecule has 0 heterocycles. The highest BCUT2D eigenvalue weighted by Crippen LogP contribution is 2.31. The minimum atomic E-state index is -1.45. The molecule has 3 aromatic rings. The molecule has 0 nitrogen and oxygen atoms in total. The van der Waals surface area contributed by atoms with Crippen molar-refractivity contribution in [3.05, 3.63) is 82.7 Å². The number of rotatable bonds is 3. The average molecular weight is 416 g/mol. The number of terminal acetylenes is 1. The molecule has 0 atom stereocenters. The van der Waals surface area contributed by atoms with Gasteiger partial charge in [0.25, 0.3) is 0 Å². The molecule has 31 heavy (non-hydrogen) atoms. The van der Waals surface area contributed by atoms with Gasteiger partial charge in [-0.15, -0.1) is 12.3 Å². The van der Waals surface area contributed by atoms with Crippen LogP contribution in [-0.4, -0.2) is 0 Å². The number of hydrogen-bond acceptors (Lipinski definition) is 0. The summed E-state index contributed by atoms with van der Waals surface area (Å²) < 4.78 is 40.7. The molecular formula is C28H23F3. The third-order valence-corrected chi connectivity index (χ3v) is 6.20. The fourth-order valence-corrected chi connectivity index (χ4v) is 4.27. The first-order chi connectivity index (χ1) is 15.0. The van der Waals surface area contributed by atoms with E-state index in [2.05, 4.69) is 29.9 Å². The molecule has 0 aromatic heterocycles. The molecule has 1 aliphatic rings.